The predicted molar refractivity (Wildman–Crippen MR) is 136 cm³/mol. The van der Waals surface area contributed by atoms with E-state index in [-0.39, 0.29) is 54.0 Å². The number of esters is 1. The van der Waals surface area contributed by atoms with Crippen LogP contribution in [0.15, 0.2) is 72.3 Å². The highest BCUT2D eigenvalue weighted by atomic mass is 16.5. The standard InChI is InChI=1S/C29H26O8/c1-17(16-36-28(35)13-5-18-3-6-19(30)7-4-18)2-9-22-24(32)12-11-23-26(34)15-27(37-29(22)23)21-10-8-20(31)14-25(21)33/h2-8,10-14,27,30-33H,9,15-16H2,1H3/b13-5+,17-2+/t27-/m0/s1. The number of ether oxygens (including phenoxy) is 2. The molecule has 1 aliphatic heterocycles. The third-order valence-electron chi connectivity index (χ3n) is 5.93. The number of allylic oxidation sites excluding steroid dienone is 1. The number of phenolic OH excluding ortho intramolecular Hbond substituents is 4. The molecule has 3 aromatic rings. The van der Waals surface area contributed by atoms with E-state index >= 15 is 0 Å². The van der Waals surface area contributed by atoms with Crippen LogP contribution >= 0.6 is 0 Å². The maximum Gasteiger partial charge on any atom is 0.331 e. The molecule has 0 fully saturated rings. The lowest BCUT2D eigenvalue weighted by Gasteiger charge is -2.28. The topological polar surface area (TPSA) is 134 Å². The van der Waals surface area contributed by atoms with Gasteiger partial charge in [-0.25, -0.2) is 4.79 Å². The molecule has 1 heterocycles. The van der Waals surface area contributed by atoms with Gasteiger partial charge in [-0.1, -0.05) is 18.2 Å². The van der Waals surface area contributed by atoms with E-state index < -0.39 is 12.1 Å². The van der Waals surface area contributed by atoms with Crippen molar-refractivity contribution in [3.8, 4) is 28.7 Å². The van der Waals surface area contributed by atoms with E-state index in [1.165, 1.54) is 48.5 Å². The number of Topliss-reactive ketones (excluding diaryl/α,β-unsaturated/α-hetero) is 1. The fraction of sp³-hybridized carbons (Fsp3) is 0.172. The summed E-state index contributed by atoms with van der Waals surface area (Å²) in [5, 5.41) is 39.6. The van der Waals surface area contributed by atoms with Crippen LogP contribution in [0.4, 0.5) is 0 Å². The van der Waals surface area contributed by atoms with E-state index in [0.29, 0.717) is 16.7 Å². The maximum atomic E-state index is 12.8. The van der Waals surface area contributed by atoms with Crippen LogP contribution < -0.4 is 4.74 Å². The van der Waals surface area contributed by atoms with Gasteiger partial charge in [0.2, 0.25) is 0 Å². The molecule has 3 aromatic carbocycles. The molecule has 0 aromatic heterocycles. The van der Waals surface area contributed by atoms with E-state index in [0.717, 1.165) is 11.1 Å². The first-order valence-electron chi connectivity index (χ1n) is 11.6. The van der Waals surface area contributed by atoms with Gasteiger partial charge in [0.05, 0.1) is 12.0 Å². The van der Waals surface area contributed by atoms with Gasteiger partial charge in [0, 0.05) is 23.3 Å². The Balaban J connectivity index is 1.45. The number of hydrogen-bond acceptors (Lipinski definition) is 8. The van der Waals surface area contributed by atoms with E-state index in [1.807, 2.05) is 0 Å². The Kier molecular flexibility index (Phi) is 7.48. The highest BCUT2D eigenvalue weighted by Gasteiger charge is 2.32. The zero-order chi connectivity index (χ0) is 26.5. The normalized spacial score (nSPS) is 15.3. The van der Waals surface area contributed by atoms with Crippen molar-refractivity contribution in [3.05, 3.63) is 94.6 Å². The van der Waals surface area contributed by atoms with Gasteiger partial charge in [0.25, 0.3) is 0 Å². The second-order valence-corrected chi connectivity index (χ2v) is 8.70. The molecule has 0 saturated carbocycles. The molecular formula is C29H26O8. The van der Waals surface area contributed by atoms with Gasteiger partial charge in [-0.3, -0.25) is 4.79 Å². The molecule has 0 bridgehead atoms. The second-order valence-electron chi connectivity index (χ2n) is 8.70. The third-order valence-corrected chi connectivity index (χ3v) is 5.93. The minimum absolute atomic E-state index is 0.00195. The van der Waals surface area contributed by atoms with E-state index in [1.54, 1.807) is 31.2 Å². The molecule has 37 heavy (non-hydrogen) atoms. The predicted octanol–water partition coefficient (Wildman–Crippen LogP) is 4.96. The van der Waals surface area contributed by atoms with Crippen LogP contribution in [-0.4, -0.2) is 38.8 Å². The summed E-state index contributed by atoms with van der Waals surface area (Å²) in [7, 11) is 0. The Morgan fingerprint density at radius 3 is 2.46 bits per heavy atom. The lowest BCUT2D eigenvalue weighted by Crippen LogP contribution is -2.21. The number of phenols is 4. The first-order chi connectivity index (χ1) is 17.7. The number of carbonyl (C=O) groups excluding carboxylic acids is 2. The zero-order valence-corrected chi connectivity index (χ0v) is 20.0. The van der Waals surface area contributed by atoms with Gasteiger partial charge >= 0.3 is 5.97 Å². The number of carbonyl (C=O) groups is 2. The first kappa shape index (κ1) is 25.4. The fourth-order valence-corrected chi connectivity index (χ4v) is 3.93. The van der Waals surface area contributed by atoms with Crippen LogP contribution in [0, 0.1) is 0 Å². The van der Waals surface area contributed by atoms with Crippen LogP contribution in [0.5, 0.6) is 28.7 Å². The quantitative estimate of drug-likeness (QED) is 0.202. The lowest BCUT2D eigenvalue weighted by atomic mass is 9.92. The molecule has 0 aliphatic carbocycles. The number of rotatable bonds is 7. The summed E-state index contributed by atoms with van der Waals surface area (Å²) in [6.45, 7) is 1.80. The zero-order valence-electron chi connectivity index (χ0n) is 20.0. The Morgan fingerprint density at radius 1 is 1.00 bits per heavy atom. The van der Waals surface area contributed by atoms with E-state index in [2.05, 4.69) is 0 Å². The Hall–Kier alpha value is -4.72. The molecule has 0 unspecified atom stereocenters. The molecule has 0 spiro atoms. The van der Waals surface area contributed by atoms with Gasteiger partial charge in [-0.15, -0.1) is 0 Å². The Morgan fingerprint density at radius 2 is 1.73 bits per heavy atom. The van der Waals surface area contributed by atoms with Crippen LogP contribution in [0.2, 0.25) is 0 Å². The summed E-state index contributed by atoms with van der Waals surface area (Å²) >= 11 is 0. The van der Waals surface area contributed by atoms with Crippen molar-refractivity contribution < 1.29 is 39.5 Å². The average molecular weight is 503 g/mol. The summed E-state index contributed by atoms with van der Waals surface area (Å²) in [6, 6.07) is 13.4. The highest BCUT2D eigenvalue weighted by molar-refractivity contribution is 6.00. The van der Waals surface area contributed by atoms with Gasteiger partial charge < -0.3 is 29.9 Å². The van der Waals surface area contributed by atoms with Crippen LogP contribution in [-0.2, 0) is 16.0 Å². The van der Waals surface area contributed by atoms with Crippen molar-refractivity contribution in [2.75, 3.05) is 6.61 Å². The molecular weight excluding hydrogens is 476 g/mol. The smallest absolute Gasteiger partial charge is 0.331 e. The lowest BCUT2D eigenvalue weighted by molar-refractivity contribution is -0.136. The molecule has 1 aliphatic rings. The van der Waals surface area contributed by atoms with Crippen molar-refractivity contribution in [3.63, 3.8) is 0 Å². The van der Waals surface area contributed by atoms with Gasteiger partial charge in [-0.2, -0.15) is 0 Å². The minimum Gasteiger partial charge on any atom is -0.508 e. The minimum atomic E-state index is -0.785. The highest BCUT2D eigenvalue weighted by Crippen LogP contribution is 2.43. The van der Waals surface area contributed by atoms with Crippen LogP contribution in [0.3, 0.4) is 0 Å². The maximum absolute atomic E-state index is 12.8. The fourth-order valence-electron chi connectivity index (χ4n) is 3.93. The Bertz CT molecular complexity index is 1390. The Labute approximate surface area is 213 Å². The largest absolute Gasteiger partial charge is 0.508 e. The summed E-state index contributed by atoms with van der Waals surface area (Å²) in [5.74, 6) is -0.734. The number of ketones is 1. The SMILES string of the molecule is C/C(=C\Cc1c(O)ccc2c1O[C@H](c1ccc(O)cc1O)CC2=O)COC(=O)/C=C/c1ccc(O)cc1. The molecule has 190 valence electrons. The van der Waals surface area contributed by atoms with Crippen molar-refractivity contribution in [2.24, 2.45) is 0 Å². The number of hydrogen-bond donors (Lipinski definition) is 4. The van der Waals surface area contributed by atoms with Crippen LogP contribution in [0.1, 0.15) is 46.5 Å². The molecule has 8 nitrogen and oxygen atoms in total. The molecule has 0 radical (unpaired) electrons. The van der Waals surface area contributed by atoms with Crippen molar-refractivity contribution >= 4 is 17.8 Å². The van der Waals surface area contributed by atoms with Gasteiger partial charge in [-0.05, 0) is 67.0 Å². The summed E-state index contributed by atoms with van der Waals surface area (Å²) < 4.78 is 11.3. The third kappa shape index (κ3) is 6.10. The number of fused-ring (bicyclic) bond motifs is 1. The molecule has 4 N–H and O–H groups in total. The van der Waals surface area contributed by atoms with Gasteiger partial charge in [0.15, 0.2) is 5.78 Å². The summed E-state index contributed by atoms with van der Waals surface area (Å²) in [4.78, 5) is 24.9. The molecule has 8 heteroatoms. The summed E-state index contributed by atoms with van der Waals surface area (Å²) in [6.07, 6.45) is 4.05. The van der Waals surface area contributed by atoms with Crippen molar-refractivity contribution in [1.29, 1.82) is 0 Å². The van der Waals surface area contributed by atoms with E-state index in [9.17, 15) is 30.0 Å². The summed E-state index contributed by atoms with van der Waals surface area (Å²) in [5.41, 5.74) is 2.54. The molecule has 0 amide bonds. The average Bonchev–Trinajstić information content (AvgIpc) is 2.86. The molecule has 4 rings (SSSR count). The number of aromatic hydroxyl groups is 4. The van der Waals surface area contributed by atoms with Crippen molar-refractivity contribution in [1.82, 2.24) is 0 Å². The number of benzene rings is 3. The van der Waals surface area contributed by atoms with Gasteiger partial charge in [0.1, 0.15) is 41.5 Å². The monoisotopic (exact) mass is 502 g/mol. The van der Waals surface area contributed by atoms with E-state index in [4.69, 9.17) is 9.47 Å². The molecule has 0 saturated heterocycles. The van der Waals surface area contributed by atoms with Crippen molar-refractivity contribution in [2.45, 2.75) is 25.9 Å². The van der Waals surface area contributed by atoms with Crippen LogP contribution in [0.25, 0.3) is 6.08 Å². The first-order valence-corrected chi connectivity index (χ1v) is 11.6. The second kappa shape index (κ2) is 10.9. The molecule has 1 atom stereocenters.